The van der Waals surface area contributed by atoms with E-state index in [0.717, 1.165) is 10.9 Å². The predicted octanol–water partition coefficient (Wildman–Crippen LogP) is 6.20. The molecule has 35 heavy (non-hydrogen) atoms. The van der Waals surface area contributed by atoms with Crippen molar-refractivity contribution in [1.29, 1.82) is 0 Å². The van der Waals surface area contributed by atoms with Crippen molar-refractivity contribution in [2.75, 3.05) is 0 Å². The first-order valence-electron chi connectivity index (χ1n) is 10.6. The summed E-state index contributed by atoms with van der Waals surface area (Å²) in [5, 5.41) is 12.9. The molecule has 0 aliphatic heterocycles. The Hall–Kier alpha value is -4.62. The molecule has 170 valence electrons. The van der Waals surface area contributed by atoms with Gasteiger partial charge in [-0.15, -0.1) is 0 Å². The Balaban J connectivity index is 1.69. The number of nitro benzene ring substituents is 1. The van der Waals surface area contributed by atoms with Crippen LogP contribution in [0.5, 0.6) is 0 Å². The smallest absolute Gasteiger partial charge is 0.270 e. The molecule has 2 heterocycles. The van der Waals surface area contributed by atoms with Crippen molar-refractivity contribution in [3.63, 3.8) is 0 Å². The van der Waals surface area contributed by atoms with E-state index in [1.165, 1.54) is 30.4 Å². The number of para-hydroxylation sites is 1. The molecule has 0 radical (unpaired) electrons. The number of carbonyl (C=O) groups excluding carboxylic acids is 1. The summed E-state index contributed by atoms with van der Waals surface area (Å²) in [4.78, 5) is 44.3. The van der Waals surface area contributed by atoms with Crippen molar-refractivity contribution in [2.24, 2.45) is 0 Å². The first kappa shape index (κ1) is 22.2. The van der Waals surface area contributed by atoms with Crippen LogP contribution in [0.3, 0.4) is 0 Å². The van der Waals surface area contributed by atoms with Gasteiger partial charge in [0.1, 0.15) is 5.15 Å². The number of rotatable bonds is 5. The number of halogens is 1. The Morgan fingerprint density at radius 2 is 1.74 bits per heavy atom. The van der Waals surface area contributed by atoms with E-state index in [1.807, 2.05) is 24.3 Å². The minimum Gasteiger partial charge on any atom is -0.321 e. The minimum atomic E-state index is -0.595. The number of ketones is 1. The zero-order valence-electron chi connectivity index (χ0n) is 18.1. The van der Waals surface area contributed by atoms with Crippen LogP contribution in [-0.4, -0.2) is 20.7 Å². The Labute approximate surface area is 203 Å². The van der Waals surface area contributed by atoms with Gasteiger partial charge in [-0.3, -0.25) is 19.7 Å². The van der Waals surface area contributed by atoms with Gasteiger partial charge in [-0.05, 0) is 35.9 Å². The average Bonchev–Trinajstić information content (AvgIpc) is 2.86. The van der Waals surface area contributed by atoms with E-state index in [-0.39, 0.29) is 16.4 Å². The number of H-pyrrole nitrogens is 1. The molecule has 5 aromatic rings. The molecular weight excluding hydrogens is 466 g/mol. The topological polar surface area (TPSA) is 106 Å². The number of benzene rings is 3. The van der Waals surface area contributed by atoms with Crippen LogP contribution in [-0.2, 0) is 0 Å². The van der Waals surface area contributed by atoms with Crippen LogP contribution >= 0.6 is 11.6 Å². The molecule has 8 heteroatoms. The van der Waals surface area contributed by atoms with Crippen molar-refractivity contribution in [3.05, 3.63) is 122 Å². The first-order chi connectivity index (χ1) is 16.9. The number of non-ortho nitro benzene ring substituents is 1. The van der Waals surface area contributed by atoms with Crippen molar-refractivity contribution >= 4 is 51.0 Å². The van der Waals surface area contributed by atoms with Gasteiger partial charge in [0.15, 0.2) is 5.78 Å². The molecule has 0 fully saturated rings. The Bertz CT molecular complexity index is 1730. The second-order valence-corrected chi connectivity index (χ2v) is 8.17. The highest BCUT2D eigenvalue weighted by atomic mass is 35.5. The highest BCUT2D eigenvalue weighted by Crippen LogP contribution is 2.32. The highest BCUT2D eigenvalue weighted by molar-refractivity contribution is 6.31. The van der Waals surface area contributed by atoms with Crippen molar-refractivity contribution < 1.29 is 9.72 Å². The second kappa shape index (κ2) is 8.96. The lowest BCUT2D eigenvalue weighted by Gasteiger charge is -2.11. The van der Waals surface area contributed by atoms with Crippen LogP contribution in [0.4, 0.5) is 5.69 Å². The Morgan fingerprint density at radius 1 is 1.00 bits per heavy atom. The number of fused-ring (bicyclic) bond motifs is 2. The average molecular weight is 482 g/mol. The standard InChI is InChI=1S/C27H16ClN3O4/c28-26-18(14-17-8-4-5-9-21(17)29-26)10-13-23(32)25-24(16-6-2-1-3-7-16)20-15-19(31(34)35)11-12-22(20)30-27(25)33/h1-15H,(H,30,33). The summed E-state index contributed by atoms with van der Waals surface area (Å²) in [6.07, 6.45) is 2.77. The second-order valence-electron chi connectivity index (χ2n) is 7.82. The van der Waals surface area contributed by atoms with E-state index < -0.39 is 16.3 Å². The molecule has 0 atom stereocenters. The molecule has 0 bridgehead atoms. The molecule has 0 aliphatic rings. The number of aromatic amines is 1. The third-order valence-corrected chi connectivity index (χ3v) is 5.94. The van der Waals surface area contributed by atoms with Gasteiger partial charge in [0, 0.05) is 39.5 Å². The van der Waals surface area contributed by atoms with Crippen LogP contribution < -0.4 is 5.56 Å². The number of pyridine rings is 2. The minimum absolute atomic E-state index is 0.120. The quantitative estimate of drug-likeness (QED) is 0.106. The fraction of sp³-hybridized carbons (Fsp3) is 0. The maximum atomic E-state index is 13.4. The third kappa shape index (κ3) is 4.20. The number of hydrogen-bond donors (Lipinski definition) is 1. The molecule has 0 saturated heterocycles. The molecule has 0 aliphatic carbocycles. The van der Waals surface area contributed by atoms with Gasteiger partial charge in [0.25, 0.3) is 11.2 Å². The Morgan fingerprint density at radius 3 is 2.51 bits per heavy atom. The number of nitrogens with zero attached hydrogens (tertiary/aromatic N) is 2. The zero-order chi connectivity index (χ0) is 24.5. The van der Waals surface area contributed by atoms with Gasteiger partial charge >= 0.3 is 0 Å². The van der Waals surface area contributed by atoms with Crippen LogP contribution in [0, 0.1) is 10.1 Å². The van der Waals surface area contributed by atoms with E-state index >= 15 is 0 Å². The van der Waals surface area contributed by atoms with E-state index in [0.29, 0.717) is 27.6 Å². The molecule has 2 aromatic heterocycles. The van der Waals surface area contributed by atoms with Gasteiger partial charge in [0.05, 0.1) is 16.0 Å². The molecule has 0 saturated carbocycles. The summed E-state index contributed by atoms with van der Waals surface area (Å²) >= 11 is 6.31. The number of hydrogen-bond acceptors (Lipinski definition) is 5. The maximum absolute atomic E-state index is 13.4. The molecule has 0 spiro atoms. The van der Waals surface area contributed by atoms with Crippen molar-refractivity contribution in [2.45, 2.75) is 0 Å². The predicted molar refractivity (Wildman–Crippen MR) is 137 cm³/mol. The van der Waals surface area contributed by atoms with Gasteiger partial charge in [0.2, 0.25) is 0 Å². The van der Waals surface area contributed by atoms with Crippen molar-refractivity contribution in [3.8, 4) is 11.1 Å². The van der Waals surface area contributed by atoms with Gasteiger partial charge in [-0.1, -0.05) is 60.1 Å². The number of nitrogens with one attached hydrogen (secondary N) is 1. The first-order valence-corrected chi connectivity index (χ1v) is 11.0. The van der Waals surface area contributed by atoms with Crippen LogP contribution in [0.1, 0.15) is 15.9 Å². The molecule has 3 aromatic carbocycles. The fourth-order valence-corrected chi connectivity index (χ4v) is 4.22. The van der Waals surface area contributed by atoms with E-state index in [2.05, 4.69) is 9.97 Å². The van der Waals surface area contributed by atoms with Crippen LogP contribution in [0.15, 0.2) is 89.7 Å². The molecule has 0 amide bonds. The van der Waals surface area contributed by atoms with Crippen LogP contribution in [0.2, 0.25) is 5.15 Å². The fourth-order valence-electron chi connectivity index (χ4n) is 4.01. The number of carbonyl (C=O) groups is 1. The third-order valence-electron chi connectivity index (χ3n) is 5.64. The summed E-state index contributed by atoms with van der Waals surface area (Å²) in [5.41, 5.74) is 1.68. The SMILES string of the molecule is O=C(C=Cc1cc2ccccc2nc1Cl)c1c(-c2ccccc2)c2cc([N+](=O)[O-])ccc2[nH]c1=O. The molecule has 5 rings (SSSR count). The zero-order valence-corrected chi connectivity index (χ0v) is 18.8. The van der Waals surface area contributed by atoms with Crippen LogP contribution in [0.25, 0.3) is 39.0 Å². The summed E-state index contributed by atoms with van der Waals surface area (Å²) in [6, 6.07) is 22.2. The molecular formula is C27H16ClN3O4. The van der Waals surface area contributed by atoms with Gasteiger partial charge < -0.3 is 4.98 Å². The van der Waals surface area contributed by atoms with Gasteiger partial charge in [-0.25, -0.2) is 4.98 Å². The largest absolute Gasteiger partial charge is 0.321 e. The van der Waals surface area contributed by atoms with Gasteiger partial charge in [-0.2, -0.15) is 0 Å². The monoisotopic (exact) mass is 481 g/mol. The van der Waals surface area contributed by atoms with E-state index in [4.69, 9.17) is 11.6 Å². The van der Waals surface area contributed by atoms with E-state index in [9.17, 15) is 19.7 Å². The lowest BCUT2D eigenvalue weighted by Crippen LogP contribution is -2.18. The van der Waals surface area contributed by atoms with Crippen molar-refractivity contribution in [1.82, 2.24) is 9.97 Å². The maximum Gasteiger partial charge on any atom is 0.270 e. The lowest BCUT2D eigenvalue weighted by molar-refractivity contribution is -0.384. The molecule has 0 unspecified atom stereocenters. The summed E-state index contributed by atoms with van der Waals surface area (Å²) in [5.74, 6) is -0.567. The summed E-state index contributed by atoms with van der Waals surface area (Å²) < 4.78 is 0. The molecule has 1 N–H and O–H groups in total. The highest BCUT2D eigenvalue weighted by Gasteiger charge is 2.21. The number of aromatic nitrogens is 2. The Kier molecular flexibility index (Phi) is 5.68. The van der Waals surface area contributed by atoms with E-state index in [1.54, 1.807) is 36.4 Å². The number of allylic oxidation sites excluding steroid dienone is 1. The summed E-state index contributed by atoms with van der Waals surface area (Å²) in [6.45, 7) is 0. The molecule has 7 nitrogen and oxygen atoms in total. The lowest BCUT2D eigenvalue weighted by atomic mass is 9.93. The summed E-state index contributed by atoms with van der Waals surface area (Å²) in [7, 11) is 0. The number of nitro groups is 1. The normalized spacial score (nSPS) is 11.3.